The molecule has 0 aliphatic heterocycles. The van der Waals surface area contributed by atoms with E-state index < -0.39 is 16.7 Å². The number of nitrogens with zero attached hydrogens (tertiary/aromatic N) is 4. The number of aromatic nitrogens is 2. The van der Waals surface area contributed by atoms with Crippen molar-refractivity contribution in [1.29, 1.82) is 0 Å². The number of nitrogens with one attached hydrogen (secondary N) is 1. The van der Waals surface area contributed by atoms with Gasteiger partial charge >= 0.3 is 0 Å². The molecule has 2 aromatic heterocycles. The van der Waals surface area contributed by atoms with Crippen molar-refractivity contribution in [2.24, 2.45) is 0 Å². The van der Waals surface area contributed by atoms with Crippen molar-refractivity contribution in [1.82, 2.24) is 14.7 Å². The van der Waals surface area contributed by atoms with Gasteiger partial charge in [0.15, 0.2) is 0 Å². The second-order valence-electron chi connectivity index (χ2n) is 10.9. The highest BCUT2D eigenvalue weighted by Gasteiger charge is 2.26. The zero-order valence-electron chi connectivity index (χ0n) is 23.5. The number of carbonyl (C=O) groups excluding carboxylic acids is 2. The van der Waals surface area contributed by atoms with Crippen molar-refractivity contribution >= 4 is 23.3 Å². The van der Waals surface area contributed by atoms with Gasteiger partial charge in [-0.1, -0.05) is 44.5 Å². The van der Waals surface area contributed by atoms with Gasteiger partial charge in [-0.05, 0) is 50.6 Å². The van der Waals surface area contributed by atoms with Crippen molar-refractivity contribution in [3.8, 4) is 5.69 Å². The van der Waals surface area contributed by atoms with Gasteiger partial charge in [0.05, 0.1) is 29.1 Å². The van der Waals surface area contributed by atoms with Gasteiger partial charge in [-0.3, -0.25) is 19.7 Å². The molecular formula is C30H33N5O5. The Hall–Kier alpha value is -4.73. The molecule has 1 N–H and O–H groups in total. The molecule has 4 aromatic rings. The van der Waals surface area contributed by atoms with Crippen molar-refractivity contribution < 1.29 is 18.9 Å². The lowest BCUT2D eigenvalue weighted by atomic mass is 9.92. The van der Waals surface area contributed by atoms with E-state index in [1.807, 2.05) is 58.9 Å². The van der Waals surface area contributed by atoms with Gasteiger partial charge in [0, 0.05) is 28.7 Å². The third kappa shape index (κ3) is 6.28. The van der Waals surface area contributed by atoms with Crippen molar-refractivity contribution in [2.75, 3.05) is 11.9 Å². The predicted octanol–water partition coefficient (Wildman–Crippen LogP) is 5.88. The van der Waals surface area contributed by atoms with Crippen LogP contribution in [0.4, 0.5) is 11.5 Å². The lowest BCUT2D eigenvalue weighted by Gasteiger charge is -2.21. The molecule has 10 heteroatoms. The number of amides is 2. The predicted molar refractivity (Wildman–Crippen MR) is 152 cm³/mol. The van der Waals surface area contributed by atoms with Crippen molar-refractivity contribution in [3.63, 3.8) is 0 Å². The van der Waals surface area contributed by atoms with E-state index in [9.17, 15) is 19.7 Å². The molecule has 0 spiro atoms. The van der Waals surface area contributed by atoms with E-state index in [4.69, 9.17) is 9.52 Å². The Morgan fingerprint density at radius 3 is 2.42 bits per heavy atom. The maximum atomic E-state index is 13.5. The summed E-state index contributed by atoms with van der Waals surface area (Å²) in [5, 5.41) is 19.2. The zero-order chi connectivity index (χ0) is 29.2. The summed E-state index contributed by atoms with van der Waals surface area (Å²) < 4.78 is 7.13. The van der Waals surface area contributed by atoms with Gasteiger partial charge in [0.2, 0.25) is 5.91 Å². The molecule has 4 rings (SSSR count). The number of aryl methyl sites for hydroxylation is 3. The monoisotopic (exact) mass is 543 g/mol. The summed E-state index contributed by atoms with van der Waals surface area (Å²) in [6, 6.07) is 15.5. The van der Waals surface area contributed by atoms with Crippen LogP contribution in [0.3, 0.4) is 0 Å². The smallest absolute Gasteiger partial charge is 0.273 e. The number of furan rings is 1. The van der Waals surface area contributed by atoms with Gasteiger partial charge in [-0.15, -0.1) is 0 Å². The maximum Gasteiger partial charge on any atom is 0.273 e. The van der Waals surface area contributed by atoms with E-state index in [0.717, 1.165) is 22.5 Å². The van der Waals surface area contributed by atoms with Gasteiger partial charge in [0.1, 0.15) is 18.1 Å². The SMILES string of the molecule is Cc1ccc(-n2nc(C(C)(C)C)cc2NC(=O)CN(Cc2ccco2)C(=O)c2ccc(C)c([N+](=O)[O-])c2)c(C)c1. The first-order valence-corrected chi connectivity index (χ1v) is 12.9. The van der Waals surface area contributed by atoms with Gasteiger partial charge in [-0.2, -0.15) is 5.10 Å². The second-order valence-corrected chi connectivity index (χ2v) is 10.9. The summed E-state index contributed by atoms with van der Waals surface area (Å²) in [4.78, 5) is 39.1. The van der Waals surface area contributed by atoms with Crippen LogP contribution >= 0.6 is 0 Å². The van der Waals surface area contributed by atoms with Gasteiger partial charge in [0.25, 0.3) is 11.6 Å². The highest BCUT2D eigenvalue weighted by atomic mass is 16.6. The third-order valence-corrected chi connectivity index (χ3v) is 6.53. The molecule has 0 unspecified atom stereocenters. The Bertz CT molecular complexity index is 1560. The molecule has 0 aliphatic rings. The van der Waals surface area contributed by atoms with Crippen LogP contribution in [0.5, 0.6) is 0 Å². The number of hydrogen-bond acceptors (Lipinski definition) is 6. The number of nitro groups is 1. The lowest BCUT2D eigenvalue weighted by molar-refractivity contribution is -0.385. The first kappa shape index (κ1) is 28.3. The third-order valence-electron chi connectivity index (χ3n) is 6.53. The minimum absolute atomic E-state index is 0.00446. The van der Waals surface area contributed by atoms with Crippen LogP contribution in [0, 0.1) is 30.9 Å². The van der Waals surface area contributed by atoms with E-state index in [1.54, 1.807) is 23.7 Å². The molecular weight excluding hydrogens is 510 g/mol. The zero-order valence-corrected chi connectivity index (χ0v) is 23.5. The van der Waals surface area contributed by atoms with E-state index in [0.29, 0.717) is 17.1 Å². The van der Waals surface area contributed by atoms with Crippen molar-refractivity contribution in [2.45, 2.75) is 53.5 Å². The van der Waals surface area contributed by atoms with E-state index in [2.05, 4.69) is 5.32 Å². The molecule has 0 bridgehead atoms. The molecule has 0 saturated carbocycles. The summed E-state index contributed by atoms with van der Waals surface area (Å²) in [7, 11) is 0. The normalized spacial score (nSPS) is 11.3. The fourth-order valence-electron chi connectivity index (χ4n) is 4.33. The van der Waals surface area contributed by atoms with Gasteiger partial charge in [-0.25, -0.2) is 4.68 Å². The molecule has 0 radical (unpaired) electrons. The maximum absolute atomic E-state index is 13.5. The summed E-state index contributed by atoms with van der Waals surface area (Å²) in [5.74, 6) is -0.0443. The topological polar surface area (TPSA) is 124 Å². The Kier molecular flexibility index (Phi) is 7.90. The molecule has 0 aliphatic carbocycles. The molecule has 40 heavy (non-hydrogen) atoms. The Morgan fingerprint density at radius 2 is 1.80 bits per heavy atom. The minimum Gasteiger partial charge on any atom is -0.467 e. The highest BCUT2D eigenvalue weighted by Crippen LogP contribution is 2.28. The van der Waals surface area contributed by atoms with Crippen LogP contribution in [0.15, 0.2) is 65.3 Å². The number of nitro benzene ring substituents is 1. The number of hydrogen-bond donors (Lipinski definition) is 1. The van der Waals surface area contributed by atoms with Crippen LogP contribution in [0.1, 0.15) is 59.3 Å². The first-order valence-electron chi connectivity index (χ1n) is 12.9. The Balaban J connectivity index is 1.65. The largest absolute Gasteiger partial charge is 0.467 e. The van der Waals surface area contributed by atoms with Crippen LogP contribution in [-0.4, -0.2) is 38.0 Å². The number of anilines is 1. The van der Waals surface area contributed by atoms with Crippen LogP contribution < -0.4 is 5.32 Å². The van der Waals surface area contributed by atoms with Crippen LogP contribution in [-0.2, 0) is 16.8 Å². The molecule has 2 heterocycles. The Labute approximate surface area is 232 Å². The number of rotatable bonds is 8. The quantitative estimate of drug-likeness (QED) is 0.219. The first-order chi connectivity index (χ1) is 18.8. The minimum atomic E-state index is -0.534. The van der Waals surface area contributed by atoms with E-state index >= 15 is 0 Å². The molecule has 2 aromatic carbocycles. The Morgan fingerprint density at radius 1 is 1.05 bits per heavy atom. The standard InChI is InChI=1S/C30H33N5O5/c1-19-9-12-24(21(3)14-19)34-27(16-26(32-34)30(4,5)6)31-28(36)18-33(17-23-8-7-13-40-23)29(37)22-11-10-20(2)25(15-22)35(38)39/h7-16H,17-18H2,1-6H3,(H,31,36). The van der Waals surface area contributed by atoms with E-state index in [-0.39, 0.29) is 29.8 Å². The molecule has 0 saturated heterocycles. The molecule has 208 valence electrons. The number of carbonyl (C=O) groups is 2. The van der Waals surface area contributed by atoms with Crippen LogP contribution in [0.25, 0.3) is 5.69 Å². The second kappa shape index (κ2) is 11.2. The van der Waals surface area contributed by atoms with Gasteiger partial charge < -0.3 is 14.6 Å². The summed E-state index contributed by atoms with van der Waals surface area (Å²) in [6.45, 7) is 11.4. The molecule has 2 amide bonds. The van der Waals surface area contributed by atoms with Crippen molar-refractivity contribution in [3.05, 3.63) is 105 Å². The fourth-order valence-corrected chi connectivity index (χ4v) is 4.33. The summed E-state index contributed by atoms with van der Waals surface area (Å²) in [5.41, 5.74) is 3.82. The summed E-state index contributed by atoms with van der Waals surface area (Å²) >= 11 is 0. The lowest BCUT2D eigenvalue weighted by Crippen LogP contribution is -2.37. The molecule has 0 atom stereocenters. The molecule has 10 nitrogen and oxygen atoms in total. The number of benzene rings is 2. The average molecular weight is 544 g/mol. The van der Waals surface area contributed by atoms with E-state index in [1.165, 1.54) is 29.4 Å². The average Bonchev–Trinajstić information content (AvgIpc) is 3.53. The highest BCUT2D eigenvalue weighted by molar-refractivity contribution is 5.99. The fraction of sp³-hybridized carbons (Fsp3) is 0.300. The van der Waals surface area contributed by atoms with Crippen LogP contribution in [0.2, 0.25) is 0 Å². The summed E-state index contributed by atoms with van der Waals surface area (Å²) in [6.07, 6.45) is 1.48. The molecule has 0 fully saturated rings.